The highest BCUT2D eigenvalue weighted by atomic mass is 16.4. The Labute approximate surface area is 113 Å². The van der Waals surface area contributed by atoms with E-state index < -0.39 is 0 Å². The van der Waals surface area contributed by atoms with Crippen LogP contribution in [0.15, 0.2) is 29.4 Å². The van der Waals surface area contributed by atoms with Gasteiger partial charge in [-0.1, -0.05) is 17.3 Å². The predicted octanol–water partition coefficient (Wildman–Crippen LogP) is 4.13. The molecule has 0 aliphatic heterocycles. The predicted molar refractivity (Wildman–Crippen MR) is 78.3 cm³/mol. The number of nitrogens with zero attached hydrogens (tertiary/aromatic N) is 1. The van der Waals surface area contributed by atoms with E-state index in [1.165, 1.54) is 33.4 Å². The molecule has 0 radical (unpaired) electrons. The molecule has 0 saturated carbocycles. The van der Waals surface area contributed by atoms with E-state index in [4.69, 9.17) is 0 Å². The lowest BCUT2D eigenvalue weighted by Crippen LogP contribution is -1.99. The standard InChI is InChI=1S/C17H17NO/c1-9-5-13-14-6-10(2)12(4)8-16(14)17(18-19)15(13)7-11(9)3/h5-8,19H,1-4H3. The summed E-state index contributed by atoms with van der Waals surface area (Å²) < 4.78 is 0. The van der Waals surface area contributed by atoms with Crippen LogP contribution in [0.25, 0.3) is 11.1 Å². The van der Waals surface area contributed by atoms with E-state index in [1.54, 1.807) is 0 Å². The van der Waals surface area contributed by atoms with Crippen LogP contribution in [-0.2, 0) is 0 Å². The topological polar surface area (TPSA) is 32.6 Å². The summed E-state index contributed by atoms with van der Waals surface area (Å²) in [5.41, 5.74) is 10.1. The van der Waals surface area contributed by atoms with Crippen molar-refractivity contribution in [3.05, 3.63) is 57.6 Å². The zero-order valence-corrected chi connectivity index (χ0v) is 11.7. The molecule has 0 atom stereocenters. The van der Waals surface area contributed by atoms with Gasteiger partial charge in [0, 0.05) is 11.1 Å². The molecule has 0 aromatic heterocycles. The van der Waals surface area contributed by atoms with Crippen LogP contribution in [0, 0.1) is 27.7 Å². The monoisotopic (exact) mass is 251 g/mol. The number of hydrogen-bond acceptors (Lipinski definition) is 2. The van der Waals surface area contributed by atoms with Crippen LogP contribution in [0.5, 0.6) is 0 Å². The number of fused-ring (bicyclic) bond motifs is 3. The van der Waals surface area contributed by atoms with Crippen molar-refractivity contribution >= 4 is 5.71 Å². The zero-order valence-electron chi connectivity index (χ0n) is 11.7. The highest BCUT2D eigenvalue weighted by molar-refractivity contribution is 6.24. The van der Waals surface area contributed by atoms with E-state index >= 15 is 0 Å². The van der Waals surface area contributed by atoms with Crippen LogP contribution >= 0.6 is 0 Å². The SMILES string of the molecule is Cc1cc2c(cc1C)-c1cc(C)c(C)cc1C2=NO. The summed E-state index contributed by atoms with van der Waals surface area (Å²) >= 11 is 0. The van der Waals surface area contributed by atoms with Crippen LogP contribution in [-0.4, -0.2) is 10.9 Å². The molecule has 1 aliphatic carbocycles. The van der Waals surface area contributed by atoms with Crippen molar-refractivity contribution < 1.29 is 5.21 Å². The van der Waals surface area contributed by atoms with Gasteiger partial charge < -0.3 is 5.21 Å². The fourth-order valence-electron chi connectivity index (χ4n) is 2.72. The lowest BCUT2D eigenvalue weighted by atomic mass is 9.98. The maximum absolute atomic E-state index is 9.37. The molecule has 1 aliphatic rings. The minimum absolute atomic E-state index is 0.691. The average molecular weight is 251 g/mol. The van der Waals surface area contributed by atoms with Gasteiger partial charge >= 0.3 is 0 Å². The molecule has 0 saturated heterocycles. The molecule has 19 heavy (non-hydrogen) atoms. The van der Waals surface area contributed by atoms with Gasteiger partial charge in [0.1, 0.15) is 5.71 Å². The van der Waals surface area contributed by atoms with Crippen LogP contribution in [0.2, 0.25) is 0 Å². The van der Waals surface area contributed by atoms with Gasteiger partial charge in [-0.05, 0) is 73.2 Å². The van der Waals surface area contributed by atoms with Crippen molar-refractivity contribution in [2.45, 2.75) is 27.7 Å². The molecular formula is C17H17NO. The third-order valence-electron chi connectivity index (χ3n) is 4.17. The van der Waals surface area contributed by atoms with Crippen LogP contribution in [0.4, 0.5) is 0 Å². The fraction of sp³-hybridized carbons (Fsp3) is 0.235. The Morgan fingerprint density at radius 2 is 0.947 bits per heavy atom. The molecule has 0 amide bonds. The third-order valence-corrected chi connectivity index (χ3v) is 4.17. The van der Waals surface area contributed by atoms with Crippen molar-refractivity contribution in [1.29, 1.82) is 0 Å². The fourth-order valence-corrected chi connectivity index (χ4v) is 2.72. The van der Waals surface area contributed by atoms with Crippen molar-refractivity contribution in [2.24, 2.45) is 5.16 Å². The molecule has 96 valence electrons. The number of aryl methyl sites for hydroxylation is 4. The van der Waals surface area contributed by atoms with Gasteiger partial charge in [0.05, 0.1) is 0 Å². The lowest BCUT2D eigenvalue weighted by molar-refractivity contribution is 0.320. The Hall–Kier alpha value is -2.09. The molecule has 3 rings (SSSR count). The molecule has 2 nitrogen and oxygen atoms in total. The lowest BCUT2D eigenvalue weighted by Gasteiger charge is -2.06. The number of benzene rings is 2. The normalized spacial score (nSPS) is 12.3. The second kappa shape index (κ2) is 3.95. The molecule has 0 fully saturated rings. The van der Waals surface area contributed by atoms with Gasteiger partial charge in [-0.25, -0.2) is 0 Å². The summed E-state index contributed by atoms with van der Waals surface area (Å²) in [6.45, 7) is 8.41. The molecule has 0 spiro atoms. The van der Waals surface area contributed by atoms with Crippen molar-refractivity contribution in [3.8, 4) is 11.1 Å². The maximum Gasteiger partial charge on any atom is 0.118 e. The Bertz CT molecular complexity index is 667. The maximum atomic E-state index is 9.37. The van der Waals surface area contributed by atoms with E-state index in [2.05, 4.69) is 57.1 Å². The van der Waals surface area contributed by atoms with Crippen LogP contribution < -0.4 is 0 Å². The van der Waals surface area contributed by atoms with Gasteiger partial charge in [-0.2, -0.15) is 0 Å². The molecule has 0 heterocycles. The first-order valence-corrected chi connectivity index (χ1v) is 6.48. The molecular weight excluding hydrogens is 234 g/mol. The van der Waals surface area contributed by atoms with Gasteiger partial charge in [0.15, 0.2) is 0 Å². The van der Waals surface area contributed by atoms with E-state index in [-0.39, 0.29) is 0 Å². The minimum atomic E-state index is 0.691. The van der Waals surface area contributed by atoms with Gasteiger partial charge in [-0.15, -0.1) is 0 Å². The Morgan fingerprint density at radius 3 is 1.26 bits per heavy atom. The highest BCUT2D eigenvalue weighted by Crippen LogP contribution is 2.39. The second-order valence-electron chi connectivity index (χ2n) is 5.41. The summed E-state index contributed by atoms with van der Waals surface area (Å²) in [6, 6.07) is 8.61. The third kappa shape index (κ3) is 1.60. The van der Waals surface area contributed by atoms with Crippen LogP contribution in [0.1, 0.15) is 33.4 Å². The second-order valence-corrected chi connectivity index (χ2v) is 5.41. The smallest absolute Gasteiger partial charge is 0.118 e. The van der Waals surface area contributed by atoms with Crippen molar-refractivity contribution in [2.75, 3.05) is 0 Å². The first kappa shape index (κ1) is 12.0. The summed E-state index contributed by atoms with van der Waals surface area (Å²) in [6.07, 6.45) is 0. The van der Waals surface area contributed by atoms with Crippen LogP contribution in [0.3, 0.4) is 0 Å². The summed E-state index contributed by atoms with van der Waals surface area (Å²) in [7, 11) is 0. The molecule has 2 aromatic rings. The first-order valence-electron chi connectivity index (χ1n) is 6.48. The zero-order chi connectivity index (χ0) is 13.7. The highest BCUT2D eigenvalue weighted by Gasteiger charge is 2.26. The summed E-state index contributed by atoms with van der Waals surface area (Å²) in [4.78, 5) is 0. The van der Waals surface area contributed by atoms with Crippen molar-refractivity contribution in [3.63, 3.8) is 0 Å². The Kier molecular flexibility index (Phi) is 2.49. The van der Waals surface area contributed by atoms with Crippen molar-refractivity contribution in [1.82, 2.24) is 0 Å². The van der Waals surface area contributed by atoms with E-state index in [0.717, 1.165) is 11.1 Å². The van der Waals surface area contributed by atoms with E-state index in [0.29, 0.717) is 5.71 Å². The van der Waals surface area contributed by atoms with E-state index in [9.17, 15) is 5.21 Å². The molecule has 1 N–H and O–H groups in total. The molecule has 0 bridgehead atoms. The Morgan fingerprint density at radius 1 is 0.632 bits per heavy atom. The van der Waals surface area contributed by atoms with Gasteiger partial charge in [0.25, 0.3) is 0 Å². The quantitative estimate of drug-likeness (QED) is 0.473. The minimum Gasteiger partial charge on any atom is -0.410 e. The first-order chi connectivity index (χ1) is 9.02. The number of hydrogen-bond donors (Lipinski definition) is 1. The summed E-state index contributed by atoms with van der Waals surface area (Å²) in [5, 5.41) is 12.9. The number of rotatable bonds is 0. The van der Waals surface area contributed by atoms with Gasteiger partial charge in [0.2, 0.25) is 0 Å². The molecule has 0 unspecified atom stereocenters. The Balaban J connectivity index is 2.40. The van der Waals surface area contributed by atoms with Gasteiger partial charge in [-0.3, -0.25) is 0 Å². The van der Waals surface area contributed by atoms with E-state index in [1.807, 2.05) is 0 Å². The number of oxime groups is 1. The molecule has 2 heteroatoms. The largest absolute Gasteiger partial charge is 0.410 e. The molecule has 2 aromatic carbocycles. The average Bonchev–Trinajstić information content (AvgIpc) is 2.64. The summed E-state index contributed by atoms with van der Waals surface area (Å²) in [5.74, 6) is 0.